The summed E-state index contributed by atoms with van der Waals surface area (Å²) in [5.41, 5.74) is -2.40. The number of nitrogens with one attached hydrogen (secondary N) is 2. The van der Waals surface area contributed by atoms with Crippen molar-refractivity contribution in [2.75, 3.05) is 30.4 Å². The Hall–Kier alpha value is -4.24. The van der Waals surface area contributed by atoms with Gasteiger partial charge in [-0.25, -0.2) is 4.39 Å². The summed E-state index contributed by atoms with van der Waals surface area (Å²) in [6.07, 6.45) is -1.61. The van der Waals surface area contributed by atoms with Crippen molar-refractivity contribution in [3.05, 3.63) is 75.7 Å². The number of H-pyrrole nitrogens is 1. The summed E-state index contributed by atoms with van der Waals surface area (Å²) >= 11 is 0. The number of aromatic nitrogens is 2. The first-order valence-corrected chi connectivity index (χ1v) is 11.7. The number of nitriles is 1. The molecule has 0 saturated carbocycles. The standard InChI is InChI=1S/C26H24F4N6O2/c1-14-12-36(13-15(2)35(14)3)23-7-21(27)18(17-4-16(8-31)9-32-10-17)5-22(23)34-25(38)19-11-33-24(37)6-20(19)26(28,29)30/h4-7,9-11,14-15H,12-13H2,1-3H3,(H,33,37)(H,34,38). The van der Waals surface area contributed by atoms with Crippen molar-refractivity contribution in [3.8, 4) is 17.2 Å². The predicted molar refractivity (Wildman–Crippen MR) is 133 cm³/mol. The van der Waals surface area contributed by atoms with Crippen LogP contribution in [-0.4, -0.2) is 53.0 Å². The highest BCUT2D eigenvalue weighted by molar-refractivity contribution is 6.07. The summed E-state index contributed by atoms with van der Waals surface area (Å²) in [4.78, 5) is 34.7. The van der Waals surface area contributed by atoms with Crippen molar-refractivity contribution in [2.24, 2.45) is 0 Å². The normalized spacial score (nSPS) is 18.2. The smallest absolute Gasteiger partial charge is 0.367 e. The molecule has 198 valence electrons. The lowest BCUT2D eigenvalue weighted by Gasteiger charge is -2.44. The van der Waals surface area contributed by atoms with E-state index in [9.17, 15) is 28.0 Å². The lowest BCUT2D eigenvalue weighted by Crippen LogP contribution is -2.55. The Labute approximate surface area is 215 Å². The van der Waals surface area contributed by atoms with Crippen molar-refractivity contribution in [1.82, 2.24) is 14.9 Å². The molecule has 0 spiro atoms. The molecule has 0 radical (unpaired) electrons. The Bertz CT molecular complexity index is 1470. The number of pyridine rings is 2. The number of likely N-dealkylation sites (N-methyl/N-ethyl adjacent to an activating group) is 1. The fourth-order valence-corrected chi connectivity index (χ4v) is 4.48. The maximum Gasteiger partial charge on any atom is 0.417 e. The van der Waals surface area contributed by atoms with Gasteiger partial charge in [-0.2, -0.15) is 18.4 Å². The topological polar surface area (TPSA) is 105 Å². The van der Waals surface area contributed by atoms with Crippen LogP contribution in [0.4, 0.5) is 28.9 Å². The van der Waals surface area contributed by atoms with Gasteiger partial charge >= 0.3 is 6.18 Å². The second-order valence-electron chi connectivity index (χ2n) is 9.27. The number of carbonyl (C=O) groups is 1. The molecule has 8 nitrogen and oxygen atoms in total. The molecule has 0 bridgehead atoms. The minimum Gasteiger partial charge on any atom is -0.367 e. The first-order valence-electron chi connectivity index (χ1n) is 11.7. The first-order chi connectivity index (χ1) is 17.9. The Kier molecular flexibility index (Phi) is 7.24. The van der Waals surface area contributed by atoms with Crippen LogP contribution in [0.15, 0.2) is 47.7 Å². The zero-order valence-electron chi connectivity index (χ0n) is 20.7. The predicted octanol–water partition coefficient (Wildman–Crippen LogP) is 4.25. The van der Waals surface area contributed by atoms with Crippen LogP contribution in [0.25, 0.3) is 11.1 Å². The first kappa shape index (κ1) is 26.8. The third-order valence-corrected chi connectivity index (χ3v) is 6.69. The van der Waals surface area contributed by atoms with E-state index in [1.807, 2.05) is 31.9 Å². The second kappa shape index (κ2) is 10.3. The molecule has 0 aliphatic carbocycles. The number of alkyl halides is 3. The number of carbonyl (C=O) groups excluding carboxylic acids is 1. The van der Waals surface area contributed by atoms with Gasteiger partial charge in [0.25, 0.3) is 5.91 Å². The Morgan fingerprint density at radius 1 is 1.16 bits per heavy atom. The number of aromatic amines is 1. The van der Waals surface area contributed by atoms with Crippen LogP contribution in [0.2, 0.25) is 0 Å². The number of nitrogens with zero attached hydrogens (tertiary/aromatic N) is 4. The summed E-state index contributed by atoms with van der Waals surface area (Å²) in [5, 5.41) is 11.7. The van der Waals surface area contributed by atoms with E-state index in [2.05, 4.69) is 20.2 Å². The molecule has 2 unspecified atom stereocenters. The molecule has 3 heterocycles. The van der Waals surface area contributed by atoms with Crippen molar-refractivity contribution < 1.29 is 22.4 Å². The molecule has 2 N–H and O–H groups in total. The summed E-state index contributed by atoms with van der Waals surface area (Å²) in [7, 11) is 1.96. The average molecular weight is 529 g/mol. The van der Waals surface area contributed by atoms with Crippen LogP contribution < -0.4 is 15.8 Å². The number of anilines is 2. The average Bonchev–Trinajstić information content (AvgIpc) is 2.87. The van der Waals surface area contributed by atoms with Crippen LogP contribution in [0.5, 0.6) is 0 Å². The quantitative estimate of drug-likeness (QED) is 0.491. The van der Waals surface area contributed by atoms with E-state index in [1.165, 1.54) is 30.6 Å². The van der Waals surface area contributed by atoms with E-state index in [0.29, 0.717) is 25.4 Å². The van der Waals surface area contributed by atoms with Gasteiger partial charge in [0.05, 0.1) is 28.1 Å². The van der Waals surface area contributed by atoms with Crippen LogP contribution in [0.1, 0.15) is 35.3 Å². The molecule has 3 aromatic rings. The maximum absolute atomic E-state index is 15.5. The maximum atomic E-state index is 15.5. The van der Waals surface area contributed by atoms with E-state index in [4.69, 9.17) is 0 Å². The lowest BCUT2D eigenvalue weighted by atomic mass is 10.0. The largest absolute Gasteiger partial charge is 0.417 e. The Morgan fingerprint density at radius 2 is 1.84 bits per heavy atom. The summed E-state index contributed by atoms with van der Waals surface area (Å²) in [6.45, 7) is 4.92. The summed E-state index contributed by atoms with van der Waals surface area (Å²) < 4.78 is 56.3. The highest BCUT2D eigenvalue weighted by Crippen LogP contribution is 2.37. The van der Waals surface area contributed by atoms with Gasteiger partial charge < -0.3 is 15.2 Å². The minimum absolute atomic E-state index is 0.00129. The van der Waals surface area contributed by atoms with E-state index < -0.39 is 34.6 Å². The van der Waals surface area contributed by atoms with E-state index in [-0.39, 0.29) is 40.1 Å². The zero-order chi connectivity index (χ0) is 27.8. The molecule has 1 saturated heterocycles. The lowest BCUT2D eigenvalue weighted by molar-refractivity contribution is -0.138. The summed E-state index contributed by atoms with van der Waals surface area (Å²) in [5.74, 6) is -1.79. The van der Waals surface area contributed by atoms with Gasteiger partial charge in [0.15, 0.2) is 0 Å². The highest BCUT2D eigenvalue weighted by atomic mass is 19.4. The van der Waals surface area contributed by atoms with Gasteiger partial charge in [-0.15, -0.1) is 0 Å². The zero-order valence-corrected chi connectivity index (χ0v) is 20.7. The number of hydrogen-bond acceptors (Lipinski definition) is 6. The number of benzene rings is 1. The van der Waals surface area contributed by atoms with Gasteiger partial charge in [-0.3, -0.25) is 19.5 Å². The molecule has 4 rings (SSSR count). The van der Waals surface area contributed by atoms with Gasteiger partial charge in [0.1, 0.15) is 11.9 Å². The Morgan fingerprint density at radius 3 is 2.47 bits per heavy atom. The molecule has 12 heteroatoms. The van der Waals surface area contributed by atoms with Crippen LogP contribution in [0, 0.1) is 17.1 Å². The van der Waals surface area contributed by atoms with Crippen LogP contribution in [0.3, 0.4) is 0 Å². The molecule has 2 aromatic heterocycles. The third kappa shape index (κ3) is 5.38. The second-order valence-corrected chi connectivity index (χ2v) is 9.27. The fraction of sp³-hybridized carbons (Fsp3) is 0.308. The number of piperazine rings is 1. The number of halogens is 4. The number of rotatable bonds is 4. The SMILES string of the molecule is CC1CN(c2cc(F)c(-c3cncc(C#N)c3)cc2NC(=O)c2c[nH]c(=O)cc2C(F)(F)F)CC(C)N1C. The van der Waals surface area contributed by atoms with Gasteiger partial charge in [0.2, 0.25) is 5.56 Å². The van der Waals surface area contributed by atoms with Gasteiger partial charge in [0, 0.05) is 61.0 Å². The van der Waals surface area contributed by atoms with Gasteiger partial charge in [-0.1, -0.05) is 0 Å². The fourth-order valence-electron chi connectivity index (χ4n) is 4.48. The molecule has 2 atom stereocenters. The van der Waals surface area contributed by atoms with E-state index in [0.717, 1.165) is 0 Å². The highest BCUT2D eigenvalue weighted by Gasteiger charge is 2.36. The van der Waals surface area contributed by atoms with E-state index >= 15 is 4.39 Å². The molecule has 1 aliphatic heterocycles. The molecule has 1 aromatic carbocycles. The molecular formula is C26H24F4N6O2. The third-order valence-electron chi connectivity index (χ3n) is 6.69. The van der Waals surface area contributed by atoms with Crippen molar-refractivity contribution in [2.45, 2.75) is 32.1 Å². The van der Waals surface area contributed by atoms with Crippen molar-refractivity contribution >= 4 is 17.3 Å². The number of hydrogen-bond donors (Lipinski definition) is 2. The minimum atomic E-state index is -4.95. The van der Waals surface area contributed by atoms with Crippen molar-refractivity contribution in [1.29, 1.82) is 5.26 Å². The van der Waals surface area contributed by atoms with Gasteiger partial charge in [-0.05, 0) is 39.1 Å². The molecule has 1 fully saturated rings. The van der Waals surface area contributed by atoms with Crippen LogP contribution in [-0.2, 0) is 6.18 Å². The molecule has 38 heavy (non-hydrogen) atoms. The Balaban J connectivity index is 1.83. The number of amides is 1. The molecule has 1 aliphatic rings. The molecular weight excluding hydrogens is 504 g/mol. The summed E-state index contributed by atoms with van der Waals surface area (Å²) in [6, 6.07) is 6.32. The van der Waals surface area contributed by atoms with E-state index in [1.54, 1.807) is 0 Å². The molecule has 1 amide bonds. The van der Waals surface area contributed by atoms with Crippen LogP contribution >= 0.6 is 0 Å². The monoisotopic (exact) mass is 528 g/mol. The van der Waals surface area contributed by atoms with Crippen molar-refractivity contribution in [3.63, 3.8) is 0 Å².